The molecule has 1 aliphatic rings. The van der Waals surface area contributed by atoms with Gasteiger partial charge < -0.3 is 9.80 Å². The molecule has 0 bridgehead atoms. The van der Waals surface area contributed by atoms with E-state index in [0.29, 0.717) is 34.7 Å². The van der Waals surface area contributed by atoms with E-state index in [1.807, 2.05) is 36.9 Å². The Hall–Kier alpha value is -2.22. The molecule has 0 spiro atoms. The van der Waals surface area contributed by atoms with Crippen molar-refractivity contribution in [3.63, 3.8) is 0 Å². The lowest BCUT2D eigenvalue weighted by Crippen LogP contribution is -2.38. The molecule has 2 aromatic heterocycles. The van der Waals surface area contributed by atoms with Crippen LogP contribution in [0.4, 0.5) is 0 Å². The highest BCUT2D eigenvalue weighted by atomic mass is 35.5. The van der Waals surface area contributed by atoms with Crippen LogP contribution in [0.2, 0.25) is 10.0 Å². The Morgan fingerprint density at radius 2 is 1.87 bits per heavy atom. The molecule has 0 aliphatic carbocycles. The fourth-order valence-corrected chi connectivity index (χ4v) is 4.27. The minimum Gasteiger partial charge on any atom is -0.337 e. The number of carbonyl (C=O) groups is 1. The predicted octanol–water partition coefficient (Wildman–Crippen LogP) is 3.72. The van der Waals surface area contributed by atoms with Crippen molar-refractivity contribution in [3.05, 3.63) is 57.1 Å². The molecule has 164 valence electrons. The van der Waals surface area contributed by atoms with Crippen molar-refractivity contribution >= 4 is 34.9 Å². The molecule has 1 amide bonds. The van der Waals surface area contributed by atoms with Crippen molar-refractivity contribution in [2.45, 2.75) is 39.7 Å². The van der Waals surface area contributed by atoms with Gasteiger partial charge in [-0.25, -0.2) is 9.50 Å². The molecule has 3 heterocycles. The summed E-state index contributed by atoms with van der Waals surface area (Å²) in [6.45, 7) is 8.01. The van der Waals surface area contributed by atoms with E-state index in [1.165, 1.54) is 12.8 Å². The first-order valence-corrected chi connectivity index (χ1v) is 11.3. The van der Waals surface area contributed by atoms with E-state index in [9.17, 15) is 4.79 Å². The van der Waals surface area contributed by atoms with Gasteiger partial charge in [0.2, 0.25) is 5.91 Å². The van der Waals surface area contributed by atoms with Crippen LogP contribution in [0.3, 0.4) is 0 Å². The number of rotatable bonds is 7. The molecule has 0 N–H and O–H groups in total. The van der Waals surface area contributed by atoms with Crippen molar-refractivity contribution < 1.29 is 4.79 Å². The molecule has 1 aliphatic heterocycles. The fraction of sp³-hybridized carbons (Fsp3) is 0.455. The maximum absolute atomic E-state index is 13.2. The molecule has 1 aromatic carbocycles. The summed E-state index contributed by atoms with van der Waals surface area (Å²) in [5.41, 5.74) is 2.76. The van der Waals surface area contributed by atoms with E-state index in [-0.39, 0.29) is 12.3 Å². The zero-order chi connectivity index (χ0) is 22.0. The van der Waals surface area contributed by atoms with Gasteiger partial charge in [-0.3, -0.25) is 4.79 Å². The number of amides is 1. The van der Waals surface area contributed by atoms with E-state index in [0.717, 1.165) is 36.6 Å². The smallest absolute Gasteiger partial charge is 0.252 e. The zero-order valence-electron chi connectivity index (χ0n) is 17.8. The molecular formula is C22H26Cl2N6O. The van der Waals surface area contributed by atoms with Crippen LogP contribution in [0.25, 0.3) is 5.78 Å². The van der Waals surface area contributed by atoms with Crippen LogP contribution in [-0.2, 0) is 17.8 Å². The Kier molecular flexibility index (Phi) is 6.74. The maximum atomic E-state index is 13.2. The number of halogens is 2. The van der Waals surface area contributed by atoms with Gasteiger partial charge in [0.15, 0.2) is 5.82 Å². The highest BCUT2D eigenvalue weighted by Crippen LogP contribution is 2.23. The highest BCUT2D eigenvalue weighted by Gasteiger charge is 2.20. The Morgan fingerprint density at radius 1 is 1.10 bits per heavy atom. The molecule has 1 fully saturated rings. The van der Waals surface area contributed by atoms with Crippen molar-refractivity contribution in [2.24, 2.45) is 0 Å². The van der Waals surface area contributed by atoms with Crippen molar-refractivity contribution in [1.82, 2.24) is 29.4 Å². The number of benzene rings is 1. The van der Waals surface area contributed by atoms with E-state index in [4.69, 9.17) is 23.2 Å². The average molecular weight is 461 g/mol. The number of fused-ring (bicyclic) bond motifs is 1. The maximum Gasteiger partial charge on any atom is 0.252 e. The Bertz CT molecular complexity index is 1090. The van der Waals surface area contributed by atoms with Crippen LogP contribution in [0.15, 0.2) is 24.3 Å². The second-order valence-electron chi connectivity index (χ2n) is 8.07. The van der Waals surface area contributed by atoms with Gasteiger partial charge in [-0.1, -0.05) is 29.3 Å². The summed E-state index contributed by atoms with van der Waals surface area (Å²) < 4.78 is 1.68. The molecule has 31 heavy (non-hydrogen) atoms. The molecule has 9 heteroatoms. The lowest BCUT2D eigenvalue weighted by molar-refractivity contribution is -0.131. The summed E-state index contributed by atoms with van der Waals surface area (Å²) in [5.74, 6) is 0.982. The minimum atomic E-state index is -0.0180. The Labute approximate surface area is 192 Å². The largest absolute Gasteiger partial charge is 0.337 e. The fourth-order valence-electron chi connectivity index (χ4n) is 3.95. The molecular weight excluding hydrogens is 435 g/mol. The van der Waals surface area contributed by atoms with Gasteiger partial charge in [0.1, 0.15) is 0 Å². The normalized spacial score (nSPS) is 14.5. The van der Waals surface area contributed by atoms with Crippen molar-refractivity contribution in [2.75, 3.05) is 26.2 Å². The second kappa shape index (κ2) is 9.51. The first kappa shape index (κ1) is 22.0. The average Bonchev–Trinajstić information content (AvgIpc) is 3.37. The number of nitrogens with zero attached hydrogens (tertiary/aromatic N) is 6. The first-order valence-electron chi connectivity index (χ1n) is 10.5. The monoisotopic (exact) mass is 460 g/mol. The minimum absolute atomic E-state index is 0.0180. The SMILES string of the molecule is Cc1cc(C)n2nc(CC(=O)N(CCN3CCCC3)Cc3ccc(Cl)c(Cl)c3)nc2n1. The van der Waals surface area contributed by atoms with Crippen molar-refractivity contribution in [3.8, 4) is 0 Å². The summed E-state index contributed by atoms with van der Waals surface area (Å²) in [5, 5.41) is 5.49. The van der Waals surface area contributed by atoms with Gasteiger partial charge in [0.05, 0.1) is 16.5 Å². The van der Waals surface area contributed by atoms with Crippen LogP contribution >= 0.6 is 23.2 Å². The molecule has 0 unspecified atom stereocenters. The number of aryl methyl sites for hydroxylation is 2. The third-order valence-electron chi connectivity index (χ3n) is 5.57. The summed E-state index contributed by atoms with van der Waals surface area (Å²) >= 11 is 12.2. The molecule has 7 nitrogen and oxygen atoms in total. The van der Waals surface area contributed by atoms with E-state index in [2.05, 4.69) is 20.0 Å². The standard InChI is InChI=1S/C22H26Cl2N6O/c1-15-11-16(2)30-22(25-15)26-20(27-30)13-21(31)29(10-9-28-7-3-4-8-28)14-17-5-6-18(23)19(24)12-17/h5-6,11-12H,3-4,7-10,13-14H2,1-2H3. The molecule has 4 rings (SSSR count). The molecule has 0 atom stereocenters. The molecule has 1 saturated heterocycles. The van der Waals surface area contributed by atoms with Gasteiger partial charge in [0.25, 0.3) is 5.78 Å². The predicted molar refractivity (Wildman–Crippen MR) is 122 cm³/mol. The van der Waals surface area contributed by atoms with Crippen molar-refractivity contribution in [1.29, 1.82) is 0 Å². The van der Waals surface area contributed by atoms with Gasteiger partial charge in [-0.05, 0) is 63.5 Å². The number of likely N-dealkylation sites (tertiary alicyclic amines) is 1. The summed E-state index contributed by atoms with van der Waals surface area (Å²) in [6, 6.07) is 7.44. The summed E-state index contributed by atoms with van der Waals surface area (Å²) in [7, 11) is 0. The third-order valence-corrected chi connectivity index (χ3v) is 6.31. The van der Waals surface area contributed by atoms with Crippen LogP contribution in [0, 0.1) is 13.8 Å². The molecule has 0 saturated carbocycles. The van der Waals surface area contributed by atoms with E-state index in [1.54, 1.807) is 10.6 Å². The zero-order valence-corrected chi connectivity index (χ0v) is 19.3. The van der Waals surface area contributed by atoms with Crippen LogP contribution in [0.5, 0.6) is 0 Å². The van der Waals surface area contributed by atoms with Crippen LogP contribution in [0.1, 0.15) is 35.6 Å². The van der Waals surface area contributed by atoms with Gasteiger partial charge in [0, 0.05) is 31.0 Å². The van der Waals surface area contributed by atoms with Crippen LogP contribution < -0.4 is 0 Å². The Morgan fingerprint density at radius 3 is 2.61 bits per heavy atom. The lowest BCUT2D eigenvalue weighted by atomic mass is 10.2. The summed E-state index contributed by atoms with van der Waals surface area (Å²) in [6.07, 6.45) is 2.57. The van der Waals surface area contributed by atoms with E-state index < -0.39 is 0 Å². The quantitative estimate of drug-likeness (QED) is 0.537. The number of hydrogen-bond acceptors (Lipinski definition) is 5. The number of carbonyl (C=O) groups excluding carboxylic acids is 1. The molecule has 3 aromatic rings. The van der Waals surface area contributed by atoms with Gasteiger partial charge >= 0.3 is 0 Å². The van der Waals surface area contributed by atoms with Gasteiger partial charge in [-0.15, -0.1) is 5.10 Å². The Balaban J connectivity index is 1.51. The number of aromatic nitrogens is 4. The number of hydrogen-bond donors (Lipinski definition) is 0. The molecule has 0 radical (unpaired) electrons. The third kappa shape index (κ3) is 5.34. The van der Waals surface area contributed by atoms with Gasteiger partial charge in [-0.2, -0.15) is 4.98 Å². The van der Waals surface area contributed by atoms with Crippen LogP contribution in [-0.4, -0.2) is 61.5 Å². The van der Waals surface area contributed by atoms with E-state index >= 15 is 0 Å². The summed E-state index contributed by atoms with van der Waals surface area (Å²) in [4.78, 5) is 26.4. The second-order valence-corrected chi connectivity index (χ2v) is 8.88. The highest BCUT2D eigenvalue weighted by molar-refractivity contribution is 6.42. The first-order chi connectivity index (χ1) is 14.9. The lowest BCUT2D eigenvalue weighted by Gasteiger charge is -2.25. The topological polar surface area (TPSA) is 66.6 Å².